The molecular weight excluding hydrogens is 396 g/mol. The summed E-state index contributed by atoms with van der Waals surface area (Å²) in [7, 11) is 0. The molecule has 0 unspecified atom stereocenters. The summed E-state index contributed by atoms with van der Waals surface area (Å²) in [5, 5.41) is 24.2. The lowest BCUT2D eigenvalue weighted by Crippen LogP contribution is -2.17. The largest absolute Gasteiger partial charge is 0.329 e. The molecular formula is C19H17ClN6OS. The molecule has 4 rings (SSSR count). The zero-order valence-corrected chi connectivity index (χ0v) is 16.7. The van der Waals surface area contributed by atoms with Crippen molar-refractivity contribution in [2.24, 2.45) is 5.92 Å². The van der Waals surface area contributed by atoms with E-state index in [4.69, 9.17) is 11.6 Å². The number of H-pyrrole nitrogens is 1. The fraction of sp³-hybridized carbons (Fsp3) is 0.158. The number of fused-ring (bicyclic) bond motifs is 1. The number of rotatable bonds is 5. The van der Waals surface area contributed by atoms with E-state index in [2.05, 4.69) is 31.0 Å². The highest BCUT2D eigenvalue weighted by Crippen LogP contribution is 2.34. The molecule has 0 fully saturated rings. The molecule has 0 saturated carbocycles. The zero-order chi connectivity index (χ0) is 19.7. The molecule has 0 aliphatic heterocycles. The Balaban J connectivity index is 1.56. The molecule has 3 N–H and O–H groups in total. The number of anilines is 3. The number of nitrogens with one attached hydrogen (secondary N) is 3. The van der Waals surface area contributed by atoms with Gasteiger partial charge in [0.1, 0.15) is 5.01 Å². The van der Waals surface area contributed by atoms with Crippen LogP contribution in [0.1, 0.15) is 13.8 Å². The number of amides is 1. The lowest BCUT2D eigenvalue weighted by Gasteiger charge is -2.08. The Morgan fingerprint density at radius 1 is 1.21 bits per heavy atom. The van der Waals surface area contributed by atoms with E-state index in [9.17, 15) is 4.79 Å². The molecule has 0 radical (unpaired) electrons. The molecule has 1 amide bonds. The monoisotopic (exact) mass is 412 g/mol. The molecule has 7 nitrogen and oxygen atoms in total. The smallest absolute Gasteiger partial charge is 0.226 e. The van der Waals surface area contributed by atoms with Crippen molar-refractivity contribution in [2.45, 2.75) is 13.8 Å². The van der Waals surface area contributed by atoms with Crippen LogP contribution in [0.5, 0.6) is 0 Å². The maximum absolute atomic E-state index is 11.9. The molecule has 0 atom stereocenters. The van der Waals surface area contributed by atoms with Crippen LogP contribution >= 0.6 is 22.9 Å². The number of hydrogen-bond acceptors (Lipinski definition) is 6. The first-order valence-corrected chi connectivity index (χ1v) is 9.84. The van der Waals surface area contributed by atoms with E-state index in [0.29, 0.717) is 10.2 Å². The van der Waals surface area contributed by atoms with Crippen LogP contribution in [0.2, 0.25) is 5.02 Å². The first-order valence-electron chi connectivity index (χ1n) is 8.64. The van der Waals surface area contributed by atoms with E-state index in [1.54, 1.807) is 6.20 Å². The number of carbonyl (C=O) groups excluding carboxylic acids is 1. The highest BCUT2D eigenvalue weighted by molar-refractivity contribution is 7.18. The topological polar surface area (TPSA) is 95.6 Å². The predicted octanol–water partition coefficient (Wildman–Crippen LogP) is 5.07. The number of nitrogens with zero attached hydrogens (tertiary/aromatic N) is 3. The number of hydrogen-bond donors (Lipinski definition) is 3. The van der Waals surface area contributed by atoms with Crippen molar-refractivity contribution < 1.29 is 4.79 Å². The number of halogens is 1. The lowest BCUT2D eigenvalue weighted by atomic mass is 10.1. The molecule has 2 aromatic carbocycles. The SMILES string of the molecule is CC(C)C(=O)Nc1cccc(-c2nnc(Nc3ccc4[nH]ncc4c3Cl)s2)c1. The molecule has 28 heavy (non-hydrogen) atoms. The summed E-state index contributed by atoms with van der Waals surface area (Å²) in [5.41, 5.74) is 3.21. The summed E-state index contributed by atoms with van der Waals surface area (Å²) >= 11 is 7.85. The molecule has 0 spiro atoms. The van der Waals surface area contributed by atoms with E-state index in [0.717, 1.165) is 32.8 Å². The summed E-state index contributed by atoms with van der Waals surface area (Å²) in [5.74, 6) is -0.112. The van der Waals surface area contributed by atoms with Gasteiger partial charge in [0.05, 0.1) is 22.4 Å². The molecule has 9 heteroatoms. The molecule has 2 heterocycles. The Morgan fingerprint density at radius 2 is 2.07 bits per heavy atom. The molecule has 0 aliphatic carbocycles. The van der Waals surface area contributed by atoms with Crippen LogP contribution in [-0.4, -0.2) is 26.3 Å². The first-order chi connectivity index (χ1) is 13.5. The average Bonchev–Trinajstić information content (AvgIpc) is 3.34. The van der Waals surface area contributed by atoms with Crippen LogP contribution in [0, 0.1) is 5.92 Å². The maximum atomic E-state index is 11.9. The third kappa shape index (κ3) is 3.69. The normalized spacial score (nSPS) is 11.1. The van der Waals surface area contributed by atoms with Crippen molar-refractivity contribution in [1.29, 1.82) is 0 Å². The molecule has 142 valence electrons. The fourth-order valence-electron chi connectivity index (χ4n) is 2.60. The van der Waals surface area contributed by atoms with Gasteiger partial charge in [-0.15, -0.1) is 10.2 Å². The number of aromatic amines is 1. The van der Waals surface area contributed by atoms with Crippen LogP contribution in [0.15, 0.2) is 42.6 Å². The molecule has 4 aromatic rings. The lowest BCUT2D eigenvalue weighted by molar-refractivity contribution is -0.118. The van der Waals surface area contributed by atoms with Gasteiger partial charge in [-0.3, -0.25) is 9.89 Å². The van der Waals surface area contributed by atoms with Gasteiger partial charge in [0.15, 0.2) is 0 Å². The van der Waals surface area contributed by atoms with Gasteiger partial charge >= 0.3 is 0 Å². The zero-order valence-electron chi connectivity index (χ0n) is 15.2. The van der Waals surface area contributed by atoms with E-state index < -0.39 is 0 Å². The molecule has 2 aromatic heterocycles. The Kier molecular flexibility index (Phi) is 4.97. The summed E-state index contributed by atoms with van der Waals surface area (Å²) in [4.78, 5) is 11.9. The minimum atomic E-state index is -0.0849. The average molecular weight is 413 g/mol. The number of carbonyl (C=O) groups is 1. The van der Waals surface area contributed by atoms with E-state index >= 15 is 0 Å². The highest BCUT2D eigenvalue weighted by Gasteiger charge is 2.12. The summed E-state index contributed by atoms with van der Waals surface area (Å²) in [6.45, 7) is 3.71. The van der Waals surface area contributed by atoms with Gasteiger partial charge in [0.2, 0.25) is 11.0 Å². The maximum Gasteiger partial charge on any atom is 0.226 e. The van der Waals surface area contributed by atoms with Gasteiger partial charge in [0.25, 0.3) is 0 Å². The van der Waals surface area contributed by atoms with Gasteiger partial charge in [-0.2, -0.15) is 5.10 Å². The molecule has 0 bridgehead atoms. The number of benzene rings is 2. The minimum absolute atomic E-state index is 0.0268. The van der Waals surface area contributed by atoms with Crippen molar-refractivity contribution in [1.82, 2.24) is 20.4 Å². The Labute approximate surface area is 170 Å². The van der Waals surface area contributed by atoms with Gasteiger partial charge in [0, 0.05) is 22.6 Å². The fourth-order valence-corrected chi connectivity index (χ4v) is 3.61. The van der Waals surface area contributed by atoms with Crippen LogP contribution in [0.25, 0.3) is 21.5 Å². The van der Waals surface area contributed by atoms with E-state index in [1.165, 1.54) is 11.3 Å². The summed E-state index contributed by atoms with van der Waals surface area (Å²) in [6.07, 6.45) is 1.69. The minimum Gasteiger partial charge on any atom is -0.329 e. The van der Waals surface area contributed by atoms with Gasteiger partial charge in [-0.1, -0.05) is 48.9 Å². The number of aromatic nitrogens is 4. The summed E-state index contributed by atoms with van der Waals surface area (Å²) < 4.78 is 0. The van der Waals surface area contributed by atoms with Crippen molar-refractivity contribution in [3.63, 3.8) is 0 Å². The third-order valence-electron chi connectivity index (χ3n) is 4.13. The van der Waals surface area contributed by atoms with Crippen LogP contribution < -0.4 is 10.6 Å². The second-order valence-electron chi connectivity index (χ2n) is 6.52. The van der Waals surface area contributed by atoms with Crippen molar-refractivity contribution >= 4 is 56.3 Å². The predicted molar refractivity (Wildman–Crippen MR) is 113 cm³/mol. The second kappa shape index (κ2) is 7.57. The van der Waals surface area contributed by atoms with Gasteiger partial charge < -0.3 is 10.6 Å². The highest BCUT2D eigenvalue weighted by atomic mass is 35.5. The van der Waals surface area contributed by atoms with E-state index in [1.807, 2.05) is 50.2 Å². The Bertz CT molecular complexity index is 1150. The first kappa shape index (κ1) is 18.4. The Morgan fingerprint density at radius 3 is 2.89 bits per heavy atom. The van der Waals surface area contributed by atoms with Gasteiger partial charge in [-0.25, -0.2) is 0 Å². The van der Waals surface area contributed by atoms with Crippen LogP contribution in [0.4, 0.5) is 16.5 Å². The summed E-state index contributed by atoms with van der Waals surface area (Å²) in [6, 6.07) is 11.3. The van der Waals surface area contributed by atoms with Gasteiger partial charge in [-0.05, 0) is 24.3 Å². The van der Waals surface area contributed by atoms with Crippen LogP contribution in [-0.2, 0) is 4.79 Å². The molecule has 0 saturated heterocycles. The van der Waals surface area contributed by atoms with E-state index in [-0.39, 0.29) is 11.8 Å². The third-order valence-corrected chi connectivity index (χ3v) is 5.42. The Hall–Kier alpha value is -2.97. The quantitative estimate of drug-likeness (QED) is 0.425. The van der Waals surface area contributed by atoms with Crippen molar-refractivity contribution in [3.05, 3.63) is 47.6 Å². The van der Waals surface area contributed by atoms with Crippen molar-refractivity contribution in [3.8, 4) is 10.6 Å². The molecule has 0 aliphatic rings. The van der Waals surface area contributed by atoms with Crippen LogP contribution in [0.3, 0.4) is 0 Å². The standard InChI is InChI=1S/C19H17ClN6OS/c1-10(2)17(27)22-12-5-3-4-11(8-12)18-25-26-19(28-18)23-15-7-6-14-13(16(15)20)9-21-24-14/h3-10H,1-2H3,(H,21,24)(H,22,27)(H,23,26). The second-order valence-corrected chi connectivity index (χ2v) is 7.88. The van der Waals surface area contributed by atoms with Crippen molar-refractivity contribution in [2.75, 3.05) is 10.6 Å².